The van der Waals surface area contributed by atoms with Gasteiger partial charge in [-0.1, -0.05) is 12.1 Å². The molecule has 1 aromatic rings. The van der Waals surface area contributed by atoms with Crippen LogP contribution in [0.25, 0.3) is 0 Å². The molecule has 1 atom stereocenters. The van der Waals surface area contributed by atoms with Gasteiger partial charge in [-0.15, -0.1) is 12.4 Å². The van der Waals surface area contributed by atoms with Crippen LogP contribution in [-0.2, 0) is 21.4 Å². The molecule has 1 fully saturated rings. The van der Waals surface area contributed by atoms with Crippen LogP contribution in [0.2, 0.25) is 0 Å². The fourth-order valence-electron chi connectivity index (χ4n) is 2.50. The van der Waals surface area contributed by atoms with Gasteiger partial charge < -0.3 is 11.1 Å². The highest BCUT2D eigenvalue weighted by molar-refractivity contribution is 7.89. The minimum absolute atomic E-state index is 0. The molecule has 0 aliphatic carbocycles. The molecule has 0 spiro atoms. The Kier molecular flexibility index (Phi) is 8.15. The second kappa shape index (κ2) is 9.36. The van der Waals surface area contributed by atoms with E-state index in [4.69, 9.17) is 5.73 Å². The molecule has 1 aromatic carbocycles. The van der Waals surface area contributed by atoms with Crippen molar-refractivity contribution in [1.29, 1.82) is 0 Å². The van der Waals surface area contributed by atoms with E-state index in [2.05, 4.69) is 5.32 Å². The number of carbonyl (C=O) groups excluding carboxylic acids is 1. The summed E-state index contributed by atoms with van der Waals surface area (Å²) in [6.07, 6.45) is 2.90. The standard InChI is InChI=1S/C16H25N3O3S.ClH/c1-13(17)4-9-16(20)18-12-14-5-7-15(8-6-14)23(21,22)19-10-2-3-11-19;/h5-8,13H,2-4,9-12,17H2,1H3,(H,18,20);1H. The highest BCUT2D eigenvalue weighted by Crippen LogP contribution is 2.21. The Morgan fingerprint density at radius 3 is 2.38 bits per heavy atom. The van der Waals surface area contributed by atoms with Gasteiger partial charge in [0.2, 0.25) is 15.9 Å². The highest BCUT2D eigenvalue weighted by atomic mass is 35.5. The molecule has 1 saturated heterocycles. The van der Waals surface area contributed by atoms with Crippen LogP contribution in [0, 0.1) is 0 Å². The molecule has 136 valence electrons. The van der Waals surface area contributed by atoms with E-state index in [9.17, 15) is 13.2 Å². The van der Waals surface area contributed by atoms with Crippen LogP contribution < -0.4 is 11.1 Å². The minimum atomic E-state index is -3.37. The lowest BCUT2D eigenvalue weighted by molar-refractivity contribution is -0.121. The normalized spacial score (nSPS) is 16.4. The number of nitrogens with one attached hydrogen (secondary N) is 1. The maximum absolute atomic E-state index is 12.4. The molecule has 0 saturated carbocycles. The number of amides is 1. The summed E-state index contributed by atoms with van der Waals surface area (Å²) in [6.45, 7) is 3.45. The van der Waals surface area contributed by atoms with Gasteiger partial charge in [-0.2, -0.15) is 4.31 Å². The third kappa shape index (κ3) is 5.73. The lowest BCUT2D eigenvalue weighted by Crippen LogP contribution is -2.28. The van der Waals surface area contributed by atoms with E-state index < -0.39 is 10.0 Å². The molecule has 1 aliphatic rings. The highest BCUT2D eigenvalue weighted by Gasteiger charge is 2.26. The average Bonchev–Trinajstić information content (AvgIpc) is 3.06. The Morgan fingerprint density at radius 1 is 1.25 bits per heavy atom. The number of nitrogens with zero attached hydrogens (tertiary/aromatic N) is 1. The van der Waals surface area contributed by atoms with Crippen molar-refractivity contribution in [3.8, 4) is 0 Å². The van der Waals surface area contributed by atoms with E-state index in [0.29, 0.717) is 37.4 Å². The van der Waals surface area contributed by atoms with Crippen molar-refractivity contribution in [1.82, 2.24) is 9.62 Å². The fourth-order valence-corrected chi connectivity index (χ4v) is 4.02. The summed E-state index contributed by atoms with van der Waals surface area (Å²) in [6, 6.07) is 6.72. The molecule has 8 heteroatoms. The van der Waals surface area contributed by atoms with Crippen molar-refractivity contribution in [2.24, 2.45) is 5.73 Å². The molecule has 2 rings (SSSR count). The third-order valence-electron chi connectivity index (χ3n) is 3.94. The Hall–Kier alpha value is -1.15. The van der Waals surface area contributed by atoms with Gasteiger partial charge in [-0.05, 0) is 43.9 Å². The first-order valence-electron chi connectivity index (χ1n) is 8.01. The smallest absolute Gasteiger partial charge is 0.243 e. The minimum Gasteiger partial charge on any atom is -0.352 e. The Bertz CT molecular complexity index is 626. The molecule has 0 bridgehead atoms. The van der Waals surface area contributed by atoms with Crippen molar-refractivity contribution in [3.05, 3.63) is 29.8 Å². The molecule has 1 amide bonds. The number of nitrogens with two attached hydrogens (primary N) is 1. The molecule has 0 aromatic heterocycles. The maximum atomic E-state index is 12.4. The maximum Gasteiger partial charge on any atom is 0.243 e. The predicted molar refractivity (Wildman–Crippen MR) is 96.4 cm³/mol. The zero-order valence-electron chi connectivity index (χ0n) is 13.9. The molecule has 0 radical (unpaired) electrons. The Morgan fingerprint density at radius 2 is 1.83 bits per heavy atom. The predicted octanol–water partition coefficient (Wildman–Crippen LogP) is 1.64. The van der Waals surface area contributed by atoms with E-state index in [1.54, 1.807) is 24.3 Å². The zero-order chi connectivity index (χ0) is 16.9. The van der Waals surface area contributed by atoms with Crippen LogP contribution in [-0.4, -0.2) is 37.8 Å². The third-order valence-corrected chi connectivity index (χ3v) is 5.86. The average molecular weight is 376 g/mol. The van der Waals surface area contributed by atoms with E-state index in [1.165, 1.54) is 4.31 Å². The van der Waals surface area contributed by atoms with Crippen molar-refractivity contribution in [3.63, 3.8) is 0 Å². The first kappa shape index (κ1) is 20.9. The molecule has 6 nitrogen and oxygen atoms in total. The summed E-state index contributed by atoms with van der Waals surface area (Å²) in [5, 5.41) is 2.81. The first-order valence-corrected chi connectivity index (χ1v) is 9.45. The van der Waals surface area contributed by atoms with E-state index in [-0.39, 0.29) is 24.4 Å². The lowest BCUT2D eigenvalue weighted by Gasteiger charge is -2.15. The van der Waals surface area contributed by atoms with Gasteiger partial charge in [-0.3, -0.25) is 4.79 Å². The Balaban J connectivity index is 0.00000288. The number of hydrogen-bond acceptors (Lipinski definition) is 4. The number of benzene rings is 1. The molecule has 1 unspecified atom stereocenters. The van der Waals surface area contributed by atoms with Crippen molar-refractivity contribution < 1.29 is 13.2 Å². The monoisotopic (exact) mass is 375 g/mol. The van der Waals surface area contributed by atoms with E-state index >= 15 is 0 Å². The van der Waals surface area contributed by atoms with Gasteiger partial charge in [0, 0.05) is 32.1 Å². The number of halogens is 1. The summed E-state index contributed by atoms with van der Waals surface area (Å²) < 4.78 is 26.3. The second-order valence-corrected chi connectivity index (χ2v) is 7.99. The number of hydrogen-bond donors (Lipinski definition) is 2. The number of rotatable bonds is 7. The van der Waals surface area contributed by atoms with Crippen LogP contribution in [0.4, 0.5) is 0 Å². The number of sulfonamides is 1. The number of carbonyl (C=O) groups is 1. The molecular weight excluding hydrogens is 350 g/mol. The summed E-state index contributed by atoms with van der Waals surface area (Å²) in [7, 11) is -3.37. The van der Waals surface area contributed by atoms with Crippen LogP contribution in [0.3, 0.4) is 0 Å². The molecule has 24 heavy (non-hydrogen) atoms. The lowest BCUT2D eigenvalue weighted by atomic mass is 10.2. The molecule has 3 N–H and O–H groups in total. The first-order chi connectivity index (χ1) is 10.9. The summed E-state index contributed by atoms with van der Waals surface area (Å²) in [5.74, 6) is -0.0453. The van der Waals surface area contributed by atoms with Gasteiger partial charge in [0.15, 0.2) is 0 Å². The van der Waals surface area contributed by atoms with Gasteiger partial charge in [0.1, 0.15) is 0 Å². The van der Waals surface area contributed by atoms with Crippen molar-refractivity contribution >= 4 is 28.3 Å². The quantitative estimate of drug-likeness (QED) is 0.757. The van der Waals surface area contributed by atoms with Crippen LogP contribution in [0.5, 0.6) is 0 Å². The van der Waals surface area contributed by atoms with Crippen LogP contribution in [0.15, 0.2) is 29.2 Å². The molecule has 1 aliphatic heterocycles. The largest absolute Gasteiger partial charge is 0.352 e. The van der Waals surface area contributed by atoms with Gasteiger partial charge >= 0.3 is 0 Å². The van der Waals surface area contributed by atoms with Crippen molar-refractivity contribution in [2.75, 3.05) is 13.1 Å². The Labute approximate surface area is 150 Å². The van der Waals surface area contributed by atoms with Gasteiger partial charge in [0.25, 0.3) is 0 Å². The fraction of sp³-hybridized carbons (Fsp3) is 0.562. The molecule has 1 heterocycles. The van der Waals surface area contributed by atoms with Crippen LogP contribution >= 0.6 is 12.4 Å². The summed E-state index contributed by atoms with van der Waals surface area (Å²) in [5.41, 5.74) is 6.49. The van der Waals surface area contributed by atoms with Gasteiger partial charge in [0.05, 0.1) is 4.90 Å². The van der Waals surface area contributed by atoms with Gasteiger partial charge in [-0.25, -0.2) is 8.42 Å². The second-order valence-electron chi connectivity index (χ2n) is 6.05. The van der Waals surface area contributed by atoms with Crippen LogP contribution in [0.1, 0.15) is 38.2 Å². The summed E-state index contributed by atoms with van der Waals surface area (Å²) in [4.78, 5) is 12.0. The zero-order valence-corrected chi connectivity index (χ0v) is 15.5. The van der Waals surface area contributed by atoms with E-state index in [1.807, 2.05) is 6.92 Å². The SMILES string of the molecule is CC(N)CCC(=O)NCc1ccc(S(=O)(=O)N2CCCC2)cc1.Cl. The molecular formula is C16H26ClN3O3S. The summed E-state index contributed by atoms with van der Waals surface area (Å²) >= 11 is 0. The van der Waals surface area contributed by atoms with E-state index in [0.717, 1.165) is 18.4 Å². The topological polar surface area (TPSA) is 92.5 Å². The van der Waals surface area contributed by atoms with Crippen molar-refractivity contribution in [2.45, 2.75) is 50.1 Å².